The zero-order valence-electron chi connectivity index (χ0n) is 5.89. The second-order valence-electron chi connectivity index (χ2n) is 2.92. The minimum atomic E-state index is -1.01. The molecule has 0 bridgehead atoms. The van der Waals surface area contributed by atoms with Crippen LogP contribution in [-0.2, 0) is 0 Å². The standard InChI is InChI=1S/C7H13F2N/c8-6-2-1-5(4-10)7(9)3-6/h5-7H,1-4,10H2/t5-,6?,7-/m0/s1. The number of rotatable bonds is 1. The van der Waals surface area contributed by atoms with Crippen molar-refractivity contribution in [1.29, 1.82) is 0 Å². The monoisotopic (exact) mass is 149 g/mol. The molecule has 1 fully saturated rings. The van der Waals surface area contributed by atoms with Gasteiger partial charge in [0, 0.05) is 12.3 Å². The van der Waals surface area contributed by atoms with E-state index < -0.39 is 12.3 Å². The summed E-state index contributed by atoms with van der Waals surface area (Å²) < 4.78 is 25.2. The molecular formula is C7H13F2N. The molecule has 60 valence electrons. The Morgan fingerprint density at radius 2 is 2.00 bits per heavy atom. The van der Waals surface area contributed by atoms with E-state index in [4.69, 9.17) is 5.73 Å². The lowest BCUT2D eigenvalue weighted by atomic mass is 9.87. The highest BCUT2D eigenvalue weighted by Crippen LogP contribution is 2.27. The van der Waals surface area contributed by atoms with E-state index in [1.165, 1.54) is 0 Å². The largest absolute Gasteiger partial charge is 0.330 e. The van der Waals surface area contributed by atoms with Gasteiger partial charge in [-0.05, 0) is 19.4 Å². The van der Waals surface area contributed by atoms with Gasteiger partial charge in [0.15, 0.2) is 0 Å². The van der Waals surface area contributed by atoms with Crippen molar-refractivity contribution >= 4 is 0 Å². The lowest BCUT2D eigenvalue weighted by molar-refractivity contribution is 0.106. The first-order chi connectivity index (χ1) is 4.74. The van der Waals surface area contributed by atoms with Crippen LogP contribution in [-0.4, -0.2) is 18.9 Å². The number of hydrogen-bond acceptors (Lipinski definition) is 1. The van der Waals surface area contributed by atoms with Crippen LogP contribution >= 0.6 is 0 Å². The van der Waals surface area contributed by atoms with Gasteiger partial charge < -0.3 is 5.73 Å². The molecule has 1 unspecified atom stereocenters. The molecule has 2 N–H and O–H groups in total. The van der Waals surface area contributed by atoms with Crippen molar-refractivity contribution in [3.63, 3.8) is 0 Å². The molecule has 1 rings (SSSR count). The van der Waals surface area contributed by atoms with Crippen LogP contribution in [0.15, 0.2) is 0 Å². The van der Waals surface area contributed by atoms with Gasteiger partial charge in [-0.2, -0.15) is 0 Å². The van der Waals surface area contributed by atoms with Crippen LogP contribution < -0.4 is 5.73 Å². The molecule has 0 aliphatic heterocycles. The van der Waals surface area contributed by atoms with Crippen molar-refractivity contribution in [2.75, 3.05) is 6.54 Å². The first-order valence-corrected chi connectivity index (χ1v) is 3.72. The summed E-state index contributed by atoms with van der Waals surface area (Å²) in [4.78, 5) is 0. The maximum absolute atomic E-state index is 12.8. The highest BCUT2D eigenvalue weighted by Gasteiger charge is 2.29. The second kappa shape index (κ2) is 3.28. The molecule has 1 aliphatic carbocycles. The van der Waals surface area contributed by atoms with Crippen LogP contribution in [0.5, 0.6) is 0 Å². The van der Waals surface area contributed by atoms with Gasteiger partial charge >= 0.3 is 0 Å². The summed E-state index contributed by atoms with van der Waals surface area (Å²) in [6.07, 6.45) is -0.783. The summed E-state index contributed by atoms with van der Waals surface area (Å²) in [7, 11) is 0. The molecule has 0 aromatic rings. The average Bonchev–Trinajstić information content (AvgIpc) is 1.88. The maximum Gasteiger partial charge on any atom is 0.107 e. The van der Waals surface area contributed by atoms with Crippen molar-refractivity contribution < 1.29 is 8.78 Å². The Balaban J connectivity index is 2.36. The smallest absolute Gasteiger partial charge is 0.107 e. The molecular weight excluding hydrogens is 136 g/mol. The van der Waals surface area contributed by atoms with Gasteiger partial charge in [0.1, 0.15) is 12.3 Å². The highest BCUT2D eigenvalue weighted by molar-refractivity contribution is 4.80. The number of nitrogens with two attached hydrogens (primary N) is 1. The molecule has 0 aromatic heterocycles. The van der Waals surface area contributed by atoms with Gasteiger partial charge in [0.25, 0.3) is 0 Å². The molecule has 3 atom stereocenters. The number of hydrogen-bond donors (Lipinski definition) is 1. The van der Waals surface area contributed by atoms with E-state index in [0.717, 1.165) is 0 Å². The minimum absolute atomic E-state index is 0.0574. The average molecular weight is 149 g/mol. The molecule has 1 saturated carbocycles. The van der Waals surface area contributed by atoms with E-state index in [1.54, 1.807) is 0 Å². The Bertz CT molecular complexity index is 108. The summed E-state index contributed by atoms with van der Waals surface area (Å²) in [6, 6.07) is 0. The zero-order valence-corrected chi connectivity index (χ0v) is 5.89. The molecule has 0 amide bonds. The van der Waals surface area contributed by atoms with Crippen molar-refractivity contribution in [3.8, 4) is 0 Å². The van der Waals surface area contributed by atoms with Gasteiger partial charge in [-0.15, -0.1) is 0 Å². The fourth-order valence-corrected chi connectivity index (χ4v) is 1.40. The third-order valence-corrected chi connectivity index (χ3v) is 2.15. The van der Waals surface area contributed by atoms with Crippen LogP contribution in [0.25, 0.3) is 0 Å². The van der Waals surface area contributed by atoms with Crippen LogP contribution in [0, 0.1) is 5.92 Å². The van der Waals surface area contributed by atoms with E-state index >= 15 is 0 Å². The normalized spacial score (nSPS) is 41.7. The Morgan fingerprint density at radius 3 is 2.50 bits per heavy atom. The third-order valence-electron chi connectivity index (χ3n) is 2.15. The predicted octanol–water partition coefficient (Wildman–Crippen LogP) is 1.42. The summed E-state index contributed by atoms with van der Waals surface area (Å²) in [5.74, 6) is -0.0907. The highest BCUT2D eigenvalue weighted by atomic mass is 19.1. The Kier molecular flexibility index (Phi) is 2.60. The number of alkyl halides is 2. The fraction of sp³-hybridized carbons (Fsp3) is 1.00. The van der Waals surface area contributed by atoms with E-state index in [0.29, 0.717) is 19.4 Å². The Labute approximate surface area is 59.6 Å². The maximum atomic E-state index is 12.8. The first-order valence-electron chi connectivity index (χ1n) is 3.72. The van der Waals surface area contributed by atoms with E-state index in [1.807, 2.05) is 0 Å². The molecule has 0 heterocycles. The van der Waals surface area contributed by atoms with E-state index in [-0.39, 0.29) is 12.3 Å². The van der Waals surface area contributed by atoms with Crippen LogP contribution in [0.4, 0.5) is 8.78 Å². The van der Waals surface area contributed by atoms with Gasteiger partial charge in [0.2, 0.25) is 0 Å². The molecule has 0 spiro atoms. The first kappa shape index (κ1) is 7.92. The van der Waals surface area contributed by atoms with Crippen molar-refractivity contribution in [3.05, 3.63) is 0 Å². The fourth-order valence-electron chi connectivity index (χ4n) is 1.40. The van der Waals surface area contributed by atoms with Gasteiger partial charge in [-0.1, -0.05) is 0 Å². The van der Waals surface area contributed by atoms with Crippen molar-refractivity contribution in [2.45, 2.75) is 31.6 Å². The minimum Gasteiger partial charge on any atom is -0.330 e. The van der Waals surface area contributed by atoms with Crippen LogP contribution in [0.1, 0.15) is 19.3 Å². The molecule has 1 nitrogen and oxygen atoms in total. The van der Waals surface area contributed by atoms with Crippen molar-refractivity contribution in [2.24, 2.45) is 11.7 Å². The summed E-state index contributed by atoms with van der Waals surface area (Å²) in [5.41, 5.74) is 5.28. The Morgan fingerprint density at radius 1 is 1.30 bits per heavy atom. The second-order valence-corrected chi connectivity index (χ2v) is 2.92. The van der Waals surface area contributed by atoms with Gasteiger partial charge in [-0.3, -0.25) is 0 Å². The van der Waals surface area contributed by atoms with Crippen LogP contribution in [0.3, 0.4) is 0 Å². The molecule has 0 saturated heterocycles. The number of halogens is 2. The molecule has 1 aliphatic rings. The zero-order chi connectivity index (χ0) is 7.56. The third kappa shape index (κ3) is 1.66. The molecule has 3 heteroatoms. The van der Waals surface area contributed by atoms with Crippen LogP contribution in [0.2, 0.25) is 0 Å². The quantitative estimate of drug-likeness (QED) is 0.599. The SMILES string of the molecule is NC[C@@H]1CCC(F)C[C@@H]1F. The van der Waals surface area contributed by atoms with E-state index in [9.17, 15) is 8.78 Å². The topological polar surface area (TPSA) is 26.0 Å². The summed E-state index contributed by atoms with van der Waals surface area (Å²) in [5, 5.41) is 0. The van der Waals surface area contributed by atoms with Gasteiger partial charge in [0.05, 0.1) is 0 Å². The molecule has 0 aromatic carbocycles. The lowest BCUT2D eigenvalue weighted by Crippen LogP contribution is -2.32. The molecule has 10 heavy (non-hydrogen) atoms. The predicted molar refractivity (Wildman–Crippen MR) is 36.2 cm³/mol. The molecule has 0 radical (unpaired) electrons. The van der Waals surface area contributed by atoms with Gasteiger partial charge in [-0.25, -0.2) is 8.78 Å². The van der Waals surface area contributed by atoms with Crippen molar-refractivity contribution in [1.82, 2.24) is 0 Å². The Hall–Kier alpha value is -0.180. The summed E-state index contributed by atoms with van der Waals surface area (Å²) in [6.45, 7) is 0.355. The summed E-state index contributed by atoms with van der Waals surface area (Å²) >= 11 is 0. The lowest BCUT2D eigenvalue weighted by Gasteiger charge is -2.26. The van der Waals surface area contributed by atoms with E-state index in [2.05, 4.69) is 0 Å².